The van der Waals surface area contributed by atoms with Crippen molar-refractivity contribution in [3.8, 4) is 0 Å². The number of halogens is 3. The summed E-state index contributed by atoms with van der Waals surface area (Å²) in [5.74, 6) is -0.230. The molecular weight excluding hydrogens is 317 g/mol. The zero-order chi connectivity index (χ0) is 13.1. The van der Waals surface area contributed by atoms with E-state index >= 15 is 0 Å². The average molecular weight is 329 g/mol. The molecule has 0 radical (unpaired) electrons. The number of benzene rings is 2. The van der Waals surface area contributed by atoms with Crippen molar-refractivity contribution in [2.45, 2.75) is 13.0 Å². The zero-order valence-electron chi connectivity index (χ0n) is 9.75. The van der Waals surface area contributed by atoms with Crippen molar-refractivity contribution in [3.63, 3.8) is 0 Å². The summed E-state index contributed by atoms with van der Waals surface area (Å²) >= 11 is 9.45. The molecule has 0 bridgehead atoms. The van der Waals surface area contributed by atoms with E-state index < -0.39 is 0 Å². The lowest BCUT2D eigenvalue weighted by Crippen LogP contribution is -2.07. The lowest BCUT2D eigenvalue weighted by atomic mass is 10.1. The molecule has 0 aromatic heterocycles. The Bertz CT molecular complexity index is 559. The third-order valence-corrected chi connectivity index (χ3v) is 4.07. The first-order valence-electron chi connectivity index (χ1n) is 5.54. The minimum Gasteiger partial charge on any atom is -0.378 e. The van der Waals surface area contributed by atoms with Crippen molar-refractivity contribution in [2.24, 2.45) is 0 Å². The largest absolute Gasteiger partial charge is 0.378 e. The fraction of sp³-hybridized carbons (Fsp3) is 0.143. The van der Waals surface area contributed by atoms with Crippen molar-refractivity contribution in [3.05, 3.63) is 63.3 Å². The molecule has 1 nitrogen and oxygen atoms in total. The molecule has 2 aromatic carbocycles. The van der Waals surface area contributed by atoms with E-state index in [2.05, 4.69) is 21.2 Å². The first-order valence-corrected chi connectivity index (χ1v) is 6.71. The first-order chi connectivity index (χ1) is 8.58. The Labute approximate surface area is 119 Å². The SMILES string of the molecule is CC(Nc1cccc(Cl)c1Br)c1cccc(F)c1. The van der Waals surface area contributed by atoms with E-state index in [-0.39, 0.29) is 11.9 Å². The van der Waals surface area contributed by atoms with E-state index in [1.165, 1.54) is 12.1 Å². The maximum Gasteiger partial charge on any atom is 0.123 e. The second kappa shape index (κ2) is 5.72. The number of nitrogens with one attached hydrogen (secondary N) is 1. The summed E-state index contributed by atoms with van der Waals surface area (Å²) in [6, 6.07) is 12.1. The molecule has 0 spiro atoms. The third kappa shape index (κ3) is 3.03. The van der Waals surface area contributed by atoms with Gasteiger partial charge in [0.15, 0.2) is 0 Å². The van der Waals surface area contributed by atoms with E-state index in [0.717, 1.165) is 15.7 Å². The Balaban J connectivity index is 2.21. The lowest BCUT2D eigenvalue weighted by molar-refractivity contribution is 0.623. The van der Waals surface area contributed by atoms with Crippen molar-refractivity contribution < 1.29 is 4.39 Å². The van der Waals surface area contributed by atoms with Crippen LogP contribution in [-0.4, -0.2) is 0 Å². The summed E-state index contributed by atoms with van der Waals surface area (Å²) in [5.41, 5.74) is 1.78. The minimum absolute atomic E-state index is 0.00420. The number of rotatable bonds is 3. The third-order valence-electron chi connectivity index (χ3n) is 2.67. The standard InChI is InChI=1S/C14H12BrClFN/c1-9(10-4-2-5-11(17)8-10)18-13-7-3-6-12(16)14(13)15/h2-9,18H,1H3. The molecule has 94 valence electrons. The molecular formula is C14H12BrClFN. The number of anilines is 1. The zero-order valence-corrected chi connectivity index (χ0v) is 12.1. The van der Waals surface area contributed by atoms with E-state index in [1.54, 1.807) is 6.07 Å². The van der Waals surface area contributed by atoms with Crippen LogP contribution in [0.2, 0.25) is 5.02 Å². The van der Waals surface area contributed by atoms with Gasteiger partial charge in [0.25, 0.3) is 0 Å². The Morgan fingerprint density at radius 3 is 2.67 bits per heavy atom. The topological polar surface area (TPSA) is 12.0 Å². The van der Waals surface area contributed by atoms with Crippen molar-refractivity contribution in [2.75, 3.05) is 5.32 Å². The number of hydrogen-bond acceptors (Lipinski definition) is 1. The van der Waals surface area contributed by atoms with Crippen LogP contribution in [-0.2, 0) is 0 Å². The Morgan fingerprint density at radius 2 is 1.94 bits per heavy atom. The summed E-state index contributed by atoms with van der Waals surface area (Å²) in [4.78, 5) is 0. The normalized spacial score (nSPS) is 12.2. The highest BCUT2D eigenvalue weighted by Gasteiger charge is 2.09. The molecule has 0 saturated heterocycles. The predicted molar refractivity (Wildman–Crippen MR) is 77.6 cm³/mol. The summed E-state index contributed by atoms with van der Waals surface area (Å²) < 4.78 is 14.0. The molecule has 2 rings (SSSR count). The molecule has 1 atom stereocenters. The van der Waals surface area contributed by atoms with E-state index in [0.29, 0.717) is 5.02 Å². The monoisotopic (exact) mass is 327 g/mol. The molecule has 1 N–H and O–H groups in total. The minimum atomic E-state index is -0.230. The van der Waals surface area contributed by atoms with Crippen molar-refractivity contribution in [1.82, 2.24) is 0 Å². The summed E-state index contributed by atoms with van der Waals surface area (Å²) in [6.07, 6.45) is 0. The molecule has 18 heavy (non-hydrogen) atoms. The van der Waals surface area contributed by atoms with E-state index in [1.807, 2.05) is 31.2 Å². The van der Waals surface area contributed by atoms with Gasteiger partial charge in [-0.25, -0.2) is 4.39 Å². The molecule has 0 amide bonds. The second-order valence-electron chi connectivity index (χ2n) is 4.02. The molecule has 4 heteroatoms. The molecule has 0 aliphatic heterocycles. The van der Waals surface area contributed by atoms with Gasteiger partial charge in [-0.15, -0.1) is 0 Å². The van der Waals surface area contributed by atoms with Gasteiger partial charge in [-0.3, -0.25) is 0 Å². The second-order valence-corrected chi connectivity index (χ2v) is 5.22. The van der Waals surface area contributed by atoms with Gasteiger partial charge >= 0.3 is 0 Å². The molecule has 0 aliphatic carbocycles. The van der Waals surface area contributed by atoms with Gasteiger partial charge in [-0.05, 0) is 52.7 Å². The lowest BCUT2D eigenvalue weighted by Gasteiger charge is -2.17. The first kappa shape index (κ1) is 13.4. The fourth-order valence-corrected chi connectivity index (χ4v) is 2.26. The van der Waals surface area contributed by atoms with Crippen molar-refractivity contribution in [1.29, 1.82) is 0 Å². The van der Waals surface area contributed by atoms with E-state index in [4.69, 9.17) is 11.6 Å². The fourth-order valence-electron chi connectivity index (χ4n) is 1.71. The Kier molecular flexibility index (Phi) is 4.25. The van der Waals surface area contributed by atoms with Crippen LogP contribution in [0.3, 0.4) is 0 Å². The molecule has 1 unspecified atom stereocenters. The van der Waals surface area contributed by atoms with Gasteiger partial charge in [-0.2, -0.15) is 0 Å². The smallest absolute Gasteiger partial charge is 0.123 e. The van der Waals surface area contributed by atoms with Gasteiger partial charge in [-0.1, -0.05) is 29.8 Å². The van der Waals surface area contributed by atoms with Gasteiger partial charge in [0, 0.05) is 6.04 Å². The van der Waals surface area contributed by atoms with E-state index in [9.17, 15) is 4.39 Å². The Morgan fingerprint density at radius 1 is 1.22 bits per heavy atom. The summed E-state index contributed by atoms with van der Waals surface area (Å²) in [7, 11) is 0. The van der Waals surface area contributed by atoms with Crippen LogP contribution in [0.4, 0.5) is 10.1 Å². The maximum atomic E-state index is 13.2. The van der Waals surface area contributed by atoms with Crippen LogP contribution < -0.4 is 5.32 Å². The van der Waals surface area contributed by atoms with Crippen molar-refractivity contribution >= 4 is 33.2 Å². The highest BCUT2D eigenvalue weighted by atomic mass is 79.9. The van der Waals surface area contributed by atoms with Gasteiger partial charge in [0.05, 0.1) is 15.2 Å². The van der Waals surface area contributed by atoms with Crippen LogP contribution in [0.1, 0.15) is 18.5 Å². The molecule has 0 aliphatic rings. The van der Waals surface area contributed by atoms with Crippen LogP contribution in [0.25, 0.3) is 0 Å². The van der Waals surface area contributed by atoms with Gasteiger partial charge in [0.1, 0.15) is 5.82 Å². The van der Waals surface area contributed by atoms with Crippen LogP contribution in [0.15, 0.2) is 46.9 Å². The van der Waals surface area contributed by atoms with Gasteiger partial charge < -0.3 is 5.32 Å². The summed E-state index contributed by atoms with van der Waals surface area (Å²) in [6.45, 7) is 1.97. The molecule has 0 heterocycles. The molecule has 0 saturated carbocycles. The molecule has 2 aromatic rings. The average Bonchev–Trinajstić information content (AvgIpc) is 2.35. The summed E-state index contributed by atoms with van der Waals surface area (Å²) in [5, 5.41) is 3.94. The highest BCUT2D eigenvalue weighted by Crippen LogP contribution is 2.32. The number of hydrogen-bond donors (Lipinski definition) is 1. The quantitative estimate of drug-likeness (QED) is 0.794. The van der Waals surface area contributed by atoms with Crippen LogP contribution >= 0.6 is 27.5 Å². The Hall–Kier alpha value is -1.06. The molecule has 0 fully saturated rings. The van der Waals surface area contributed by atoms with Crippen LogP contribution in [0.5, 0.6) is 0 Å². The maximum absolute atomic E-state index is 13.2. The highest BCUT2D eigenvalue weighted by molar-refractivity contribution is 9.10. The van der Waals surface area contributed by atoms with Crippen LogP contribution in [0, 0.1) is 5.82 Å². The predicted octanol–water partition coefficient (Wildman–Crippen LogP) is 5.41. The van der Waals surface area contributed by atoms with Gasteiger partial charge in [0.2, 0.25) is 0 Å².